The van der Waals surface area contributed by atoms with Gasteiger partial charge in [0.2, 0.25) is 0 Å². The minimum absolute atomic E-state index is 0.0445. The van der Waals surface area contributed by atoms with E-state index >= 15 is 0 Å². The molecule has 2 amide bonds. The number of fused-ring (bicyclic) bond motifs is 1. The normalized spacial score (nSPS) is 14.5. The molecule has 8 nitrogen and oxygen atoms in total. The second-order valence-electron chi connectivity index (χ2n) is 10.4. The Morgan fingerprint density at radius 1 is 1.16 bits per heavy atom. The van der Waals surface area contributed by atoms with Gasteiger partial charge in [-0.05, 0) is 50.5 Å². The van der Waals surface area contributed by atoms with E-state index in [2.05, 4.69) is 11.9 Å². The molecule has 4 rings (SSSR count). The lowest BCUT2D eigenvalue weighted by Gasteiger charge is -2.36. The number of urea groups is 1. The first-order valence-corrected chi connectivity index (χ1v) is 13.4. The van der Waals surface area contributed by atoms with Crippen molar-refractivity contribution in [1.82, 2.24) is 14.5 Å². The maximum Gasteiger partial charge on any atom is 0.324 e. The fourth-order valence-electron chi connectivity index (χ4n) is 4.77. The van der Waals surface area contributed by atoms with E-state index in [-0.39, 0.29) is 6.03 Å². The standard InChI is InChI=1S/C28H38ClN5O3/c1-5-6-7-15-37-24-16-21(9-10-23(24)36-4)34-14-8-13-32(27(34)35)17-20-11-12-31-26-25(20)22(29)18-33(26)19-28(2,3)30/h9-12,16,18H,5-8,13-15,17,19,30H2,1-4H3. The van der Waals surface area contributed by atoms with E-state index in [1.54, 1.807) is 13.3 Å². The molecule has 9 heteroatoms. The van der Waals surface area contributed by atoms with Gasteiger partial charge in [0.1, 0.15) is 5.65 Å². The van der Waals surface area contributed by atoms with Crippen LogP contribution in [0, 0.1) is 0 Å². The summed E-state index contributed by atoms with van der Waals surface area (Å²) in [4.78, 5) is 21.9. The zero-order valence-electron chi connectivity index (χ0n) is 22.3. The molecule has 37 heavy (non-hydrogen) atoms. The molecule has 0 saturated carbocycles. The number of hydrogen-bond acceptors (Lipinski definition) is 5. The highest BCUT2D eigenvalue weighted by atomic mass is 35.5. The van der Waals surface area contributed by atoms with Gasteiger partial charge in [-0.15, -0.1) is 0 Å². The Balaban J connectivity index is 1.55. The molecule has 2 N–H and O–H groups in total. The molecule has 2 aromatic heterocycles. The lowest BCUT2D eigenvalue weighted by atomic mass is 10.1. The van der Waals surface area contributed by atoms with E-state index in [1.165, 1.54) is 0 Å². The van der Waals surface area contributed by atoms with Crippen molar-refractivity contribution in [3.05, 3.63) is 47.2 Å². The van der Waals surface area contributed by atoms with Gasteiger partial charge >= 0.3 is 6.03 Å². The van der Waals surface area contributed by atoms with Crippen molar-refractivity contribution in [3.8, 4) is 11.5 Å². The first-order valence-electron chi connectivity index (χ1n) is 13.0. The predicted octanol–water partition coefficient (Wildman–Crippen LogP) is 5.84. The number of rotatable bonds is 11. The number of benzene rings is 1. The maximum absolute atomic E-state index is 13.6. The number of anilines is 1. The van der Waals surface area contributed by atoms with Crippen LogP contribution in [0.5, 0.6) is 11.5 Å². The van der Waals surface area contributed by atoms with E-state index in [0.717, 1.165) is 48.0 Å². The van der Waals surface area contributed by atoms with Crippen molar-refractivity contribution >= 4 is 34.4 Å². The first-order chi connectivity index (χ1) is 17.7. The van der Waals surface area contributed by atoms with Gasteiger partial charge in [-0.3, -0.25) is 4.90 Å². The maximum atomic E-state index is 13.6. The third-order valence-corrected chi connectivity index (χ3v) is 6.80. The smallest absolute Gasteiger partial charge is 0.324 e. The number of hydrogen-bond donors (Lipinski definition) is 1. The van der Waals surface area contributed by atoms with Crippen LogP contribution in [-0.4, -0.2) is 52.8 Å². The molecule has 3 heterocycles. The Bertz CT molecular complexity index is 1240. The van der Waals surface area contributed by atoms with Gasteiger partial charge in [-0.25, -0.2) is 9.78 Å². The van der Waals surface area contributed by atoms with E-state index in [0.29, 0.717) is 49.3 Å². The van der Waals surface area contributed by atoms with Crippen molar-refractivity contribution < 1.29 is 14.3 Å². The highest BCUT2D eigenvalue weighted by Gasteiger charge is 2.29. The lowest BCUT2D eigenvalue weighted by Crippen LogP contribution is -2.49. The fourth-order valence-corrected chi connectivity index (χ4v) is 5.10. The summed E-state index contributed by atoms with van der Waals surface area (Å²) in [5, 5.41) is 1.48. The number of carbonyl (C=O) groups excluding carboxylic acids is 1. The van der Waals surface area contributed by atoms with Gasteiger partial charge < -0.3 is 24.7 Å². The zero-order chi connectivity index (χ0) is 26.6. The highest BCUT2D eigenvalue weighted by molar-refractivity contribution is 6.35. The van der Waals surface area contributed by atoms with Gasteiger partial charge in [0.05, 0.1) is 18.7 Å². The number of aromatic nitrogens is 2. The number of methoxy groups -OCH3 is 1. The van der Waals surface area contributed by atoms with Crippen LogP contribution in [0.2, 0.25) is 5.02 Å². The van der Waals surface area contributed by atoms with Gasteiger partial charge in [0.25, 0.3) is 0 Å². The number of nitrogens with zero attached hydrogens (tertiary/aromatic N) is 4. The molecule has 0 bridgehead atoms. The van der Waals surface area contributed by atoms with Gasteiger partial charge in [-0.1, -0.05) is 31.4 Å². The van der Waals surface area contributed by atoms with Crippen LogP contribution in [0.1, 0.15) is 52.0 Å². The molecule has 0 aliphatic carbocycles. The Hall–Kier alpha value is -2.97. The molecule has 0 radical (unpaired) electrons. The first kappa shape index (κ1) is 27.1. The van der Waals surface area contributed by atoms with E-state index < -0.39 is 5.54 Å². The number of halogens is 1. The SMILES string of the molecule is CCCCCOc1cc(N2CCCN(Cc3ccnc4c3c(Cl)cn4CC(C)(C)N)C2=O)ccc1OC. The average Bonchev–Trinajstić information content (AvgIpc) is 3.17. The molecule has 1 saturated heterocycles. The van der Waals surface area contributed by atoms with Crippen LogP contribution >= 0.6 is 11.6 Å². The summed E-state index contributed by atoms with van der Waals surface area (Å²) in [5.74, 6) is 1.33. The van der Waals surface area contributed by atoms with Crippen LogP contribution in [0.25, 0.3) is 11.0 Å². The molecule has 1 aliphatic rings. The van der Waals surface area contributed by atoms with Crippen LogP contribution < -0.4 is 20.1 Å². The monoisotopic (exact) mass is 527 g/mol. The van der Waals surface area contributed by atoms with Crippen LogP contribution in [-0.2, 0) is 13.1 Å². The van der Waals surface area contributed by atoms with Crippen molar-refractivity contribution in [3.63, 3.8) is 0 Å². The van der Waals surface area contributed by atoms with Crippen LogP contribution in [0.15, 0.2) is 36.7 Å². The third kappa shape index (κ3) is 6.30. The van der Waals surface area contributed by atoms with Crippen LogP contribution in [0.3, 0.4) is 0 Å². The molecule has 0 spiro atoms. The van der Waals surface area contributed by atoms with E-state index in [1.807, 2.05) is 58.7 Å². The van der Waals surface area contributed by atoms with Gasteiger partial charge in [0, 0.05) is 61.3 Å². The van der Waals surface area contributed by atoms with Crippen molar-refractivity contribution in [2.75, 3.05) is 31.7 Å². The Morgan fingerprint density at radius 2 is 1.97 bits per heavy atom. The molecule has 0 unspecified atom stereocenters. The number of ether oxygens (including phenoxy) is 2. The largest absolute Gasteiger partial charge is 0.493 e. The summed E-state index contributed by atoms with van der Waals surface area (Å²) >= 11 is 6.66. The van der Waals surface area contributed by atoms with Gasteiger partial charge in [-0.2, -0.15) is 0 Å². The Labute approximate surface area is 224 Å². The second kappa shape index (κ2) is 11.6. The summed E-state index contributed by atoms with van der Waals surface area (Å²) in [6, 6.07) is 7.58. The molecule has 1 fully saturated rings. The number of amides is 2. The number of unbranched alkanes of at least 4 members (excludes halogenated alkanes) is 2. The molecule has 3 aromatic rings. The Kier molecular flexibility index (Phi) is 8.49. The number of pyridine rings is 1. The van der Waals surface area contributed by atoms with Crippen molar-refractivity contribution in [2.45, 2.75) is 65.1 Å². The minimum Gasteiger partial charge on any atom is -0.493 e. The molecule has 1 aromatic carbocycles. The molecular weight excluding hydrogens is 490 g/mol. The molecule has 1 aliphatic heterocycles. The minimum atomic E-state index is -0.409. The van der Waals surface area contributed by atoms with Crippen LogP contribution in [0.4, 0.5) is 10.5 Å². The van der Waals surface area contributed by atoms with Gasteiger partial charge in [0.15, 0.2) is 11.5 Å². The zero-order valence-corrected chi connectivity index (χ0v) is 23.1. The summed E-state index contributed by atoms with van der Waals surface area (Å²) in [5.41, 5.74) is 8.38. The van der Waals surface area contributed by atoms with E-state index in [9.17, 15) is 4.79 Å². The lowest BCUT2D eigenvalue weighted by molar-refractivity contribution is 0.192. The average molecular weight is 528 g/mol. The third-order valence-electron chi connectivity index (χ3n) is 6.51. The molecule has 0 atom stereocenters. The Morgan fingerprint density at radius 3 is 2.70 bits per heavy atom. The van der Waals surface area contributed by atoms with Crippen molar-refractivity contribution in [2.24, 2.45) is 5.73 Å². The topological polar surface area (TPSA) is 85.9 Å². The quantitative estimate of drug-likeness (QED) is 0.317. The van der Waals surface area contributed by atoms with Crippen molar-refractivity contribution in [1.29, 1.82) is 0 Å². The number of carbonyl (C=O) groups is 1. The predicted molar refractivity (Wildman–Crippen MR) is 149 cm³/mol. The summed E-state index contributed by atoms with van der Waals surface area (Å²) < 4.78 is 13.5. The van der Waals surface area contributed by atoms with E-state index in [4.69, 9.17) is 26.8 Å². The number of nitrogens with two attached hydrogens (primary N) is 1. The summed E-state index contributed by atoms with van der Waals surface area (Å²) in [6.07, 6.45) is 7.72. The summed E-state index contributed by atoms with van der Waals surface area (Å²) in [7, 11) is 1.63. The highest BCUT2D eigenvalue weighted by Crippen LogP contribution is 2.34. The summed E-state index contributed by atoms with van der Waals surface area (Å²) in [6.45, 7) is 9.07. The molecular formula is C28H38ClN5O3. The molecule has 200 valence electrons. The second-order valence-corrected chi connectivity index (χ2v) is 10.8. The fraction of sp³-hybridized carbons (Fsp3) is 0.500.